The second-order valence-electron chi connectivity index (χ2n) is 5.47. The molecule has 4 rings (SSSR count). The third-order valence-corrected chi connectivity index (χ3v) is 5.73. The van der Waals surface area contributed by atoms with Crippen LogP contribution in [-0.4, -0.2) is 27.1 Å². The Morgan fingerprint density at radius 3 is 2.68 bits per heavy atom. The highest BCUT2D eigenvalue weighted by Crippen LogP contribution is 2.31. The standard InChI is InChI=1S/C18H13N3O2S2/c22-13(11-6-2-1-3-7-11)10-15-16(23)20-18(25-15)21-17-19-12-8-4-5-9-14(12)24-17/h1-9,15H,10H2,(H,19,20,21,23). The van der Waals surface area contributed by atoms with Crippen LogP contribution in [0.1, 0.15) is 16.8 Å². The maximum atomic E-state index is 12.3. The summed E-state index contributed by atoms with van der Waals surface area (Å²) >= 11 is 2.75. The number of aromatic nitrogens is 1. The summed E-state index contributed by atoms with van der Waals surface area (Å²) < 4.78 is 1.05. The van der Waals surface area contributed by atoms with Crippen molar-refractivity contribution in [3.63, 3.8) is 0 Å². The van der Waals surface area contributed by atoms with Crippen LogP contribution in [0.2, 0.25) is 0 Å². The number of thiazole rings is 1. The Hall–Kier alpha value is -2.51. The van der Waals surface area contributed by atoms with Crippen LogP contribution < -0.4 is 5.32 Å². The Kier molecular flexibility index (Phi) is 4.33. The molecule has 0 radical (unpaired) electrons. The number of carbonyl (C=O) groups is 2. The normalized spacial score (nSPS) is 18.6. The second kappa shape index (κ2) is 6.78. The van der Waals surface area contributed by atoms with E-state index in [1.165, 1.54) is 23.1 Å². The molecule has 124 valence electrons. The van der Waals surface area contributed by atoms with E-state index in [0.717, 1.165) is 10.2 Å². The zero-order valence-electron chi connectivity index (χ0n) is 13.0. The van der Waals surface area contributed by atoms with Crippen LogP contribution in [0.5, 0.6) is 0 Å². The molecule has 1 aliphatic heterocycles. The molecule has 0 saturated carbocycles. The Bertz CT molecular complexity index is 949. The molecule has 0 aliphatic carbocycles. The molecule has 2 heterocycles. The highest BCUT2D eigenvalue weighted by atomic mass is 32.2. The number of para-hydroxylation sites is 1. The van der Waals surface area contributed by atoms with Crippen LogP contribution in [0.3, 0.4) is 0 Å². The van der Waals surface area contributed by atoms with Gasteiger partial charge < -0.3 is 5.32 Å². The lowest BCUT2D eigenvalue weighted by atomic mass is 10.1. The fourth-order valence-corrected chi connectivity index (χ4v) is 4.37. The minimum atomic E-state index is -0.458. The summed E-state index contributed by atoms with van der Waals surface area (Å²) in [5.74, 6) is -0.233. The van der Waals surface area contributed by atoms with Gasteiger partial charge in [0.15, 0.2) is 11.0 Å². The average molecular weight is 367 g/mol. The number of amidine groups is 1. The van der Waals surface area contributed by atoms with Crippen molar-refractivity contribution in [2.45, 2.75) is 11.7 Å². The third kappa shape index (κ3) is 3.47. The lowest BCUT2D eigenvalue weighted by Gasteiger charge is -2.04. The number of fused-ring (bicyclic) bond motifs is 1. The monoisotopic (exact) mass is 367 g/mol. The van der Waals surface area contributed by atoms with E-state index in [1.807, 2.05) is 42.5 Å². The fraction of sp³-hybridized carbons (Fsp3) is 0.111. The smallest absolute Gasteiger partial charge is 0.240 e. The van der Waals surface area contributed by atoms with Gasteiger partial charge in [-0.1, -0.05) is 65.6 Å². The molecular formula is C18H13N3O2S2. The van der Waals surface area contributed by atoms with E-state index in [1.54, 1.807) is 12.1 Å². The first kappa shape index (κ1) is 16.0. The number of nitrogens with zero attached hydrogens (tertiary/aromatic N) is 2. The quantitative estimate of drug-likeness (QED) is 0.712. The van der Waals surface area contributed by atoms with Gasteiger partial charge >= 0.3 is 0 Å². The van der Waals surface area contributed by atoms with Crippen LogP contribution in [0.15, 0.2) is 59.6 Å². The minimum absolute atomic E-state index is 0.0468. The summed E-state index contributed by atoms with van der Waals surface area (Å²) in [6.45, 7) is 0. The molecule has 1 N–H and O–H groups in total. The molecule has 1 aromatic heterocycles. The number of hydrogen-bond acceptors (Lipinski definition) is 6. The van der Waals surface area contributed by atoms with Crippen LogP contribution in [-0.2, 0) is 4.79 Å². The second-order valence-corrected chi connectivity index (χ2v) is 7.67. The molecule has 1 aliphatic rings. The molecule has 0 spiro atoms. The van der Waals surface area contributed by atoms with Gasteiger partial charge in [-0.3, -0.25) is 9.59 Å². The van der Waals surface area contributed by atoms with Crippen LogP contribution >= 0.6 is 23.1 Å². The topological polar surface area (TPSA) is 71.4 Å². The van der Waals surface area contributed by atoms with Gasteiger partial charge in [0, 0.05) is 12.0 Å². The largest absolute Gasteiger partial charge is 0.304 e. The number of amides is 1. The molecule has 1 fully saturated rings. The first-order valence-corrected chi connectivity index (χ1v) is 9.39. The number of hydrogen-bond donors (Lipinski definition) is 1. The number of rotatable bonds is 4. The number of nitrogens with one attached hydrogen (secondary N) is 1. The van der Waals surface area contributed by atoms with Crippen molar-refractivity contribution in [2.75, 3.05) is 0 Å². The summed E-state index contributed by atoms with van der Waals surface area (Å²) in [6.07, 6.45) is 0.152. The van der Waals surface area contributed by atoms with Crippen molar-refractivity contribution in [2.24, 2.45) is 4.99 Å². The van der Waals surface area contributed by atoms with Gasteiger partial charge in [0.1, 0.15) is 0 Å². The summed E-state index contributed by atoms with van der Waals surface area (Å²) in [4.78, 5) is 33.3. The van der Waals surface area contributed by atoms with Crippen LogP contribution in [0.25, 0.3) is 10.2 Å². The van der Waals surface area contributed by atoms with E-state index in [-0.39, 0.29) is 18.1 Å². The van der Waals surface area contributed by atoms with Gasteiger partial charge in [0.05, 0.1) is 15.5 Å². The minimum Gasteiger partial charge on any atom is -0.304 e. The molecule has 1 unspecified atom stereocenters. The molecule has 0 bridgehead atoms. The Labute approximate surface area is 152 Å². The summed E-state index contributed by atoms with van der Waals surface area (Å²) in [5, 5.41) is 3.38. The number of thioether (sulfide) groups is 1. The van der Waals surface area contributed by atoms with Crippen molar-refractivity contribution < 1.29 is 9.59 Å². The fourth-order valence-electron chi connectivity index (χ4n) is 2.50. The van der Waals surface area contributed by atoms with Gasteiger partial charge in [-0.05, 0) is 12.1 Å². The lowest BCUT2D eigenvalue weighted by molar-refractivity contribution is -0.118. The summed E-state index contributed by atoms with van der Waals surface area (Å²) in [7, 11) is 0. The van der Waals surface area contributed by atoms with Gasteiger partial charge in [-0.25, -0.2) is 4.98 Å². The molecular weight excluding hydrogens is 354 g/mol. The van der Waals surface area contributed by atoms with Crippen molar-refractivity contribution >= 4 is 55.3 Å². The predicted molar refractivity (Wildman–Crippen MR) is 102 cm³/mol. The zero-order valence-corrected chi connectivity index (χ0v) is 14.6. The van der Waals surface area contributed by atoms with E-state index < -0.39 is 5.25 Å². The van der Waals surface area contributed by atoms with Gasteiger partial charge in [-0.2, -0.15) is 4.99 Å². The van der Waals surface area contributed by atoms with Gasteiger partial charge in [-0.15, -0.1) is 0 Å². The molecule has 2 aromatic carbocycles. The van der Waals surface area contributed by atoms with E-state index in [0.29, 0.717) is 15.9 Å². The number of aliphatic imine (C=N–C) groups is 1. The van der Waals surface area contributed by atoms with Crippen molar-refractivity contribution in [1.29, 1.82) is 0 Å². The molecule has 5 nitrogen and oxygen atoms in total. The Balaban J connectivity index is 1.49. The van der Waals surface area contributed by atoms with Crippen molar-refractivity contribution in [3.8, 4) is 0 Å². The van der Waals surface area contributed by atoms with Gasteiger partial charge in [0.25, 0.3) is 0 Å². The van der Waals surface area contributed by atoms with Crippen LogP contribution in [0, 0.1) is 0 Å². The van der Waals surface area contributed by atoms with E-state index in [2.05, 4.69) is 15.3 Å². The van der Waals surface area contributed by atoms with Crippen molar-refractivity contribution in [3.05, 3.63) is 60.2 Å². The molecule has 3 aromatic rings. The molecule has 25 heavy (non-hydrogen) atoms. The van der Waals surface area contributed by atoms with Crippen LogP contribution in [0.4, 0.5) is 5.13 Å². The SMILES string of the molecule is O=C(CC1S/C(=N\c2nc3ccccc3s2)NC1=O)c1ccccc1. The first-order valence-electron chi connectivity index (χ1n) is 7.69. The third-order valence-electron chi connectivity index (χ3n) is 3.72. The molecule has 7 heteroatoms. The molecule has 1 atom stereocenters. The molecule has 1 amide bonds. The first-order chi connectivity index (χ1) is 12.2. The highest BCUT2D eigenvalue weighted by molar-refractivity contribution is 8.15. The van der Waals surface area contributed by atoms with Gasteiger partial charge in [0.2, 0.25) is 11.0 Å². The van der Waals surface area contributed by atoms with Crippen molar-refractivity contribution in [1.82, 2.24) is 10.3 Å². The predicted octanol–water partition coefficient (Wildman–Crippen LogP) is 3.79. The highest BCUT2D eigenvalue weighted by Gasteiger charge is 2.32. The maximum absolute atomic E-state index is 12.3. The summed E-state index contributed by atoms with van der Waals surface area (Å²) in [5.41, 5.74) is 1.50. The Morgan fingerprint density at radius 2 is 1.88 bits per heavy atom. The summed E-state index contributed by atoms with van der Waals surface area (Å²) in [6, 6.07) is 16.8. The number of benzene rings is 2. The number of Topliss-reactive ketones (excluding diaryl/α,β-unsaturated/α-hetero) is 1. The van der Waals surface area contributed by atoms with E-state index in [4.69, 9.17) is 0 Å². The average Bonchev–Trinajstić information content (AvgIpc) is 3.18. The number of carbonyl (C=O) groups excluding carboxylic acids is 2. The van der Waals surface area contributed by atoms with E-state index in [9.17, 15) is 9.59 Å². The lowest BCUT2D eigenvalue weighted by Crippen LogP contribution is -2.26. The zero-order chi connectivity index (χ0) is 17.2. The molecule has 1 saturated heterocycles. The number of ketones is 1. The Morgan fingerprint density at radius 1 is 1.12 bits per heavy atom. The maximum Gasteiger partial charge on any atom is 0.240 e. The van der Waals surface area contributed by atoms with E-state index >= 15 is 0 Å².